The Hall–Kier alpha value is -2.49. The van der Waals surface area contributed by atoms with Gasteiger partial charge in [0.25, 0.3) is 0 Å². The average Bonchev–Trinajstić information content (AvgIpc) is 2.89. The lowest BCUT2D eigenvalue weighted by molar-refractivity contribution is -0.115. The van der Waals surface area contributed by atoms with E-state index in [1.165, 1.54) is 0 Å². The van der Waals surface area contributed by atoms with E-state index >= 15 is 0 Å². The van der Waals surface area contributed by atoms with Crippen LogP contribution in [0.25, 0.3) is 0 Å². The zero-order valence-corrected chi connectivity index (χ0v) is 11.8. The molecule has 0 saturated carbocycles. The Balaban J connectivity index is 1.69. The van der Waals surface area contributed by atoms with Crippen LogP contribution in [-0.4, -0.2) is 17.6 Å². The largest absolute Gasteiger partial charge is 0.506 e. The van der Waals surface area contributed by atoms with Crippen LogP contribution >= 0.6 is 0 Å². The normalized spacial score (nSPS) is 12.6. The van der Waals surface area contributed by atoms with Gasteiger partial charge in [0.05, 0.1) is 18.7 Å². The standard InChI is InChI=1S/C17H17NO3/c1-11-2-4-14(15(19)8-11)18-17(20)10-12-3-5-16-13(9-12)6-7-21-16/h2-5,8-9,19H,6-7,10H2,1H3,(H,18,20). The number of ether oxygens (including phenoxy) is 1. The van der Waals surface area contributed by atoms with Crippen LogP contribution in [0.1, 0.15) is 16.7 Å². The van der Waals surface area contributed by atoms with Gasteiger partial charge in [-0.25, -0.2) is 0 Å². The summed E-state index contributed by atoms with van der Waals surface area (Å²) in [6.07, 6.45) is 1.17. The van der Waals surface area contributed by atoms with E-state index in [9.17, 15) is 9.90 Å². The van der Waals surface area contributed by atoms with Crippen molar-refractivity contribution in [1.82, 2.24) is 0 Å². The Kier molecular flexibility index (Phi) is 3.52. The van der Waals surface area contributed by atoms with Crippen molar-refractivity contribution >= 4 is 11.6 Å². The third-order valence-corrected chi connectivity index (χ3v) is 3.55. The monoisotopic (exact) mass is 283 g/mol. The fourth-order valence-corrected chi connectivity index (χ4v) is 2.48. The molecule has 0 atom stereocenters. The molecule has 0 aromatic heterocycles. The van der Waals surface area contributed by atoms with E-state index in [4.69, 9.17) is 4.74 Å². The SMILES string of the molecule is Cc1ccc(NC(=O)Cc2ccc3c(c2)CCO3)c(O)c1. The molecule has 108 valence electrons. The molecule has 0 aliphatic carbocycles. The molecule has 3 rings (SSSR count). The molecule has 0 radical (unpaired) electrons. The summed E-state index contributed by atoms with van der Waals surface area (Å²) in [6, 6.07) is 11.0. The number of nitrogens with one attached hydrogen (secondary N) is 1. The average molecular weight is 283 g/mol. The van der Waals surface area contributed by atoms with Gasteiger partial charge in [0, 0.05) is 6.42 Å². The number of fused-ring (bicyclic) bond motifs is 1. The van der Waals surface area contributed by atoms with Gasteiger partial charge in [0.1, 0.15) is 11.5 Å². The lowest BCUT2D eigenvalue weighted by atomic mass is 10.1. The maximum atomic E-state index is 12.1. The molecular formula is C17H17NO3. The van der Waals surface area contributed by atoms with E-state index < -0.39 is 0 Å². The van der Waals surface area contributed by atoms with Gasteiger partial charge in [-0.1, -0.05) is 18.2 Å². The molecular weight excluding hydrogens is 266 g/mol. The quantitative estimate of drug-likeness (QED) is 0.852. The Morgan fingerprint density at radius 2 is 2.14 bits per heavy atom. The van der Waals surface area contributed by atoms with Crippen molar-refractivity contribution < 1.29 is 14.6 Å². The number of aryl methyl sites for hydroxylation is 1. The molecule has 0 fully saturated rings. The summed E-state index contributed by atoms with van der Waals surface area (Å²) in [4.78, 5) is 12.1. The minimum Gasteiger partial charge on any atom is -0.506 e. The number of rotatable bonds is 3. The summed E-state index contributed by atoms with van der Waals surface area (Å²) >= 11 is 0. The van der Waals surface area contributed by atoms with Crippen LogP contribution in [0.4, 0.5) is 5.69 Å². The number of phenols is 1. The van der Waals surface area contributed by atoms with E-state index in [0.29, 0.717) is 12.3 Å². The number of carbonyl (C=O) groups excluding carboxylic acids is 1. The van der Waals surface area contributed by atoms with Crippen LogP contribution in [0.15, 0.2) is 36.4 Å². The Morgan fingerprint density at radius 3 is 2.95 bits per heavy atom. The highest BCUT2D eigenvalue weighted by molar-refractivity contribution is 5.93. The van der Waals surface area contributed by atoms with Crippen LogP contribution in [0, 0.1) is 6.92 Å². The molecule has 1 aliphatic rings. The molecule has 1 heterocycles. The van der Waals surface area contributed by atoms with Crippen LogP contribution < -0.4 is 10.1 Å². The van der Waals surface area contributed by atoms with E-state index in [-0.39, 0.29) is 18.1 Å². The van der Waals surface area contributed by atoms with Crippen molar-refractivity contribution in [2.45, 2.75) is 19.8 Å². The van der Waals surface area contributed by atoms with Gasteiger partial charge >= 0.3 is 0 Å². The van der Waals surface area contributed by atoms with Gasteiger partial charge in [0.15, 0.2) is 0 Å². The number of anilines is 1. The van der Waals surface area contributed by atoms with Crippen LogP contribution in [0.2, 0.25) is 0 Å². The van der Waals surface area contributed by atoms with E-state index in [1.807, 2.05) is 31.2 Å². The minimum absolute atomic E-state index is 0.0886. The fourth-order valence-electron chi connectivity index (χ4n) is 2.48. The molecule has 2 aromatic rings. The summed E-state index contributed by atoms with van der Waals surface area (Å²) in [5.41, 5.74) is 3.49. The van der Waals surface area contributed by atoms with Crippen molar-refractivity contribution in [3.63, 3.8) is 0 Å². The van der Waals surface area contributed by atoms with Crippen molar-refractivity contribution in [2.24, 2.45) is 0 Å². The molecule has 1 aliphatic heterocycles. The Labute approximate surface area is 123 Å². The molecule has 21 heavy (non-hydrogen) atoms. The zero-order valence-electron chi connectivity index (χ0n) is 11.8. The van der Waals surface area contributed by atoms with Gasteiger partial charge in [-0.3, -0.25) is 4.79 Å². The summed E-state index contributed by atoms with van der Waals surface area (Å²) in [5.74, 6) is 0.856. The lowest BCUT2D eigenvalue weighted by Crippen LogP contribution is -2.14. The smallest absolute Gasteiger partial charge is 0.228 e. The first kappa shape index (κ1) is 13.5. The molecule has 0 bridgehead atoms. The highest BCUT2D eigenvalue weighted by Gasteiger charge is 2.14. The molecule has 1 amide bonds. The summed E-state index contributed by atoms with van der Waals surface area (Å²) in [6.45, 7) is 2.60. The third-order valence-electron chi connectivity index (χ3n) is 3.55. The Bertz CT molecular complexity index is 694. The zero-order chi connectivity index (χ0) is 14.8. The van der Waals surface area contributed by atoms with E-state index in [1.54, 1.807) is 12.1 Å². The summed E-state index contributed by atoms with van der Waals surface area (Å²) in [5, 5.41) is 12.5. The second-order valence-corrected chi connectivity index (χ2v) is 5.29. The number of amides is 1. The molecule has 0 spiro atoms. The second-order valence-electron chi connectivity index (χ2n) is 5.29. The molecule has 0 unspecified atom stereocenters. The van der Waals surface area contributed by atoms with Crippen LogP contribution in [0.3, 0.4) is 0 Å². The van der Waals surface area contributed by atoms with E-state index in [2.05, 4.69) is 5.32 Å². The highest BCUT2D eigenvalue weighted by Crippen LogP contribution is 2.27. The van der Waals surface area contributed by atoms with Crippen molar-refractivity contribution in [3.05, 3.63) is 53.1 Å². The van der Waals surface area contributed by atoms with Crippen LogP contribution in [0.5, 0.6) is 11.5 Å². The predicted octanol–water partition coefficient (Wildman–Crippen LogP) is 2.82. The van der Waals surface area contributed by atoms with Crippen LogP contribution in [-0.2, 0) is 17.6 Å². The first-order valence-corrected chi connectivity index (χ1v) is 6.96. The number of hydrogen-bond acceptors (Lipinski definition) is 3. The molecule has 4 nitrogen and oxygen atoms in total. The van der Waals surface area contributed by atoms with Gasteiger partial charge in [-0.2, -0.15) is 0 Å². The fraction of sp³-hybridized carbons (Fsp3) is 0.235. The van der Waals surface area contributed by atoms with Crippen molar-refractivity contribution in [3.8, 4) is 11.5 Å². The molecule has 0 saturated heterocycles. The summed E-state index contributed by atoms with van der Waals surface area (Å²) < 4.78 is 5.45. The van der Waals surface area contributed by atoms with Gasteiger partial charge in [-0.15, -0.1) is 0 Å². The van der Waals surface area contributed by atoms with Gasteiger partial charge in [-0.05, 0) is 41.8 Å². The molecule has 2 N–H and O–H groups in total. The predicted molar refractivity (Wildman–Crippen MR) is 80.8 cm³/mol. The number of aromatic hydroxyl groups is 1. The lowest BCUT2D eigenvalue weighted by Gasteiger charge is -2.08. The Morgan fingerprint density at radius 1 is 1.29 bits per heavy atom. The number of phenolic OH excluding ortho intramolecular Hbond substituents is 1. The van der Waals surface area contributed by atoms with E-state index in [0.717, 1.165) is 28.9 Å². The van der Waals surface area contributed by atoms with Crippen molar-refractivity contribution in [1.29, 1.82) is 0 Å². The topological polar surface area (TPSA) is 58.6 Å². The number of benzene rings is 2. The number of carbonyl (C=O) groups is 1. The second kappa shape index (κ2) is 5.48. The maximum Gasteiger partial charge on any atom is 0.228 e. The van der Waals surface area contributed by atoms with Gasteiger partial charge < -0.3 is 15.2 Å². The summed E-state index contributed by atoms with van der Waals surface area (Å²) in [7, 11) is 0. The highest BCUT2D eigenvalue weighted by atomic mass is 16.5. The van der Waals surface area contributed by atoms with Crippen molar-refractivity contribution in [2.75, 3.05) is 11.9 Å². The maximum absolute atomic E-state index is 12.1. The number of hydrogen-bond donors (Lipinski definition) is 2. The first-order valence-electron chi connectivity index (χ1n) is 6.96. The third kappa shape index (κ3) is 2.99. The minimum atomic E-state index is -0.145. The molecule has 4 heteroatoms. The van der Waals surface area contributed by atoms with Gasteiger partial charge in [0.2, 0.25) is 5.91 Å². The molecule has 2 aromatic carbocycles. The first-order chi connectivity index (χ1) is 10.1.